The molecular weight excluding hydrogens is 312 g/mol. The maximum Gasteiger partial charge on any atom is 0.138 e. The number of fused-ring (bicyclic) bond motifs is 1. The zero-order chi connectivity index (χ0) is 15.6. The fourth-order valence-electron chi connectivity index (χ4n) is 2.40. The molecule has 3 aromatic heterocycles. The molecule has 7 heteroatoms. The standard InChI is InChI=1S/C16H13ClN6/c17-14-7-12(4-5-15(14)23-11-18-10-20-23)19-8-13-9-22-6-2-1-3-16(22)21-13/h1-7,9-11,19H,8H2. The van der Waals surface area contributed by atoms with Crippen LogP contribution in [0.3, 0.4) is 0 Å². The number of rotatable bonds is 4. The summed E-state index contributed by atoms with van der Waals surface area (Å²) >= 11 is 6.32. The second-order valence-electron chi connectivity index (χ2n) is 5.06. The minimum Gasteiger partial charge on any atom is -0.379 e. The minimum atomic E-state index is 0.607. The molecule has 6 nitrogen and oxygen atoms in total. The number of imidazole rings is 1. The summed E-state index contributed by atoms with van der Waals surface area (Å²) in [6.07, 6.45) is 7.08. The number of hydrogen-bond acceptors (Lipinski definition) is 4. The highest BCUT2D eigenvalue weighted by atomic mass is 35.5. The van der Waals surface area contributed by atoms with Crippen LogP contribution in [0.4, 0.5) is 5.69 Å². The first-order chi connectivity index (χ1) is 11.3. The Morgan fingerprint density at radius 2 is 2.13 bits per heavy atom. The predicted octanol–water partition coefficient (Wildman–Crippen LogP) is 3.18. The van der Waals surface area contributed by atoms with Crippen LogP contribution in [-0.2, 0) is 6.54 Å². The molecular formula is C16H13ClN6. The summed E-state index contributed by atoms with van der Waals surface area (Å²) in [6.45, 7) is 0.626. The van der Waals surface area contributed by atoms with Gasteiger partial charge < -0.3 is 9.72 Å². The molecule has 0 aliphatic heterocycles. The van der Waals surface area contributed by atoms with E-state index in [2.05, 4.69) is 20.4 Å². The lowest BCUT2D eigenvalue weighted by Crippen LogP contribution is -2.01. The van der Waals surface area contributed by atoms with Crippen molar-refractivity contribution in [2.45, 2.75) is 6.54 Å². The summed E-state index contributed by atoms with van der Waals surface area (Å²) < 4.78 is 3.63. The molecule has 0 saturated heterocycles. The quantitative estimate of drug-likeness (QED) is 0.626. The zero-order valence-electron chi connectivity index (χ0n) is 12.1. The van der Waals surface area contributed by atoms with Gasteiger partial charge in [0.2, 0.25) is 0 Å². The Balaban J connectivity index is 1.51. The largest absolute Gasteiger partial charge is 0.379 e. The Bertz CT molecular complexity index is 911. The van der Waals surface area contributed by atoms with Crippen molar-refractivity contribution in [3.8, 4) is 5.69 Å². The smallest absolute Gasteiger partial charge is 0.138 e. The van der Waals surface area contributed by atoms with Crippen LogP contribution < -0.4 is 5.32 Å². The number of hydrogen-bond donors (Lipinski definition) is 1. The van der Waals surface area contributed by atoms with Crippen molar-refractivity contribution in [2.24, 2.45) is 0 Å². The van der Waals surface area contributed by atoms with Crippen molar-refractivity contribution in [1.82, 2.24) is 24.1 Å². The average Bonchev–Trinajstić information content (AvgIpc) is 3.22. The Hall–Kier alpha value is -2.86. The summed E-state index contributed by atoms with van der Waals surface area (Å²) in [4.78, 5) is 8.48. The lowest BCUT2D eigenvalue weighted by molar-refractivity contribution is 0.879. The van der Waals surface area contributed by atoms with E-state index in [0.29, 0.717) is 11.6 Å². The maximum absolute atomic E-state index is 6.32. The molecule has 114 valence electrons. The molecule has 4 rings (SSSR count). The minimum absolute atomic E-state index is 0.607. The molecule has 0 bridgehead atoms. The third-order valence-electron chi connectivity index (χ3n) is 3.50. The van der Waals surface area contributed by atoms with Crippen molar-refractivity contribution in [3.05, 3.63) is 72.2 Å². The van der Waals surface area contributed by atoms with Crippen LogP contribution in [0.15, 0.2) is 61.4 Å². The van der Waals surface area contributed by atoms with E-state index >= 15 is 0 Å². The molecule has 0 radical (unpaired) electrons. The molecule has 0 amide bonds. The Morgan fingerprint density at radius 1 is 1.17 bits per heavy atom. The van der Waals surface area contributed by atoms with Gasteiger partial charge in [-0.25, -0.2) is 14.6 Å². The summed E-state index contributed by atoms with van der Waals surface area (Å²) in [5.74, 6) is 0. The number of pyridine rings is 1. The second-order valence-corrected chi connectivity index (χ2v) is 5.47. The van der Waals surface area contributed by atoms with Gasteiger partial charge in [-0.2, -0.15) is 5.10 Å². The van der Waals surface area contributed by atoms with E-state index in [9.17, 15) is 0 Å². The van der Waals surface area contributed by atoms with Crippen LogP contribution in [0.2, 0.25) is 5.02 Å². The number of anilines is 1. The van der Waals surface area contributed by atoms with Crippen LogP contribution in [0.5, 0.6) is 0 Å². The van der Waals surface area contributed by atoms with Gasteiger partial charge in [-0.15, -0.1) is 0 Å². The van der Waals surface area contributed by atoms with Crippen molar-refractivity contribution in [3.63, 3.8) is 0 Å². The van der Waals surface area contributed by atoms with Gasteiger partial charge in [-0.05, 0) is 30.3 Å². The van der Waals surface area contributed by atoms with E-state index in [-0.39, 0.29) is 0 Å². The monoisotopic (exact) mass is 324 g/mol. The van der Waals surface area contributed by atoms with Crippen LogP contribution in [0.1, 0.15) is 5.69 Å². The van der Waals surface area contributed by atoms with Gasteiger partial charge in [0.15, 0.2) is 0 Å². The molecule has 0 fully saturated rings. The molecule has 0 saturated carbocycles. The molecule has 3 heterocycles. The van der Waals surface area contributed by atoms with Gasteiger partial charge in [0.05, 0.1) is 22.9 Å². The predicted molar refractivity (Wildman–Crippen MR) is 88.9 cm³/mol. The number of nitrogens with one attached hydrogen (secondary N) is 1. The average molecular weight is 325 g/mol. The first-order valence-corrected chi connectivity index (χ1v) is 7.48. The molecule has 1 aromatic carbocycles. The molecule has 4 aromatic rings. The SMILES string of the molecule is Clc1cc(NCc2cn3ccccc3n2)ccc1-n1cncn1. The summed E-state index contributed by atoms with van der Waals surface area (Å²) in [5.41, 5.74) is 3.62. The van der Waals surface area contributed by atoms with Gasteiger partial charge in [0.25, 0.3) is 0 Å². The molecule has 0 unspecified atom stereocenters. The number of aromatic nitrogens is 5. The van der Waals surface area contributed by atoms with Crippen LogP contribution in [0, 0.1) is 0 Å². The van der Waals surface area contributed by atoms with E-state index in [4.69, 9.17) is 11.6 Å². The molecule has 23 heavy (non-hydrogen) atoms. The van der Waals surface area contributed by atoms with Crippen molar-refractivity contribution >= 4 is 22.9 Å². The molecule has 0 aliphatic rings. The highest BCUT2D eigenvalue weighted by molar-refractivity contribution is 6.32. The summed E-state index contributed by atoms with van der Waals surface area (Å²) in [7, 11) is 0. The highest BCUT2D eigenvalue weighted by Crippen LogP contribution is 2.24. The highest BCUT2D eigenvalue weighted by Gasteiger charge is 2.06. The van der Waals surface area contributed by atoms with Crippen molar-refractivity contribution < 1.29 is 0 Å². The van der Waals surface area contributed by atoms with Crippen molar-refractivity contribution in [1.29, 1.82) is 0 Å². The van der Waals surface area contributed by atoms with Gasteiger partial charge in [-0.1, -0.05) is 17.7 Å². The number of halogens is 1. The third-order valence-corrected chi connectivity index (χ3v) is 3.80. The normalized spacial score (nSPS) is 11.0. The van der Waals surface area contributed by atoms with E-state index in [0.717, 1.165) is 22.7 Å². The van der Waals surface area contributed by atoms with Gasteiger partial charge in [0.1, 0.15) is 18.3 Å². The lowest BCUT2D eigenvalue weighted by Gasteiger charge is -2.08. The van der Waals surface area contributed by atoms with Gasteiger partial charge in [-0.3, -0.25) is 0 Å². The Kier molecular flexibility index (Phi) is 3.44. The molecule has 1 N–H and O–H groups in total. The number of benzene rings is 1. The van der Waals surface area contributed by atoms with Crippen LogP contribution in [0.25, 0.3) is 11.3 Å². The summed E-state index contributed by atoms with van der Waals surface area (Å²) in [6, 6.07) is 11.7. The zero-order valence-corrected chi connectivity index (χ0v) is 12.9. The topological polar surface area (TPSA) is 60.0 Å². The molecule has 0 aliphatic carbocycles. The van der Waals surface area contributed by atoms with E-state index in [1.807, 2.05) is 53.2 Å². The maximum atomic E-state index is 6.32. The van der Waals surface area contributed by atoms with E-state index in [1.165, 1.54) is 6.33 Å². The van der Waals surface area contributed by atoms with E-state index in [1.54, 1.807) is 11.0 Å². The summed E-state index contributed by atoms with van der Waals surface area (Å²) in [5, 5.41) is 8.02. The molecule has 0 spiro atoms. The fourth-order valence-corrected chi connectivity index (χ4v) is 2.67. The third kappa shape index (κ3) is 2.76. The van der Waals surface area contributed by atoms with Gasteiger partial charge >= 0.3 is 0 Å². The first-order valence-electron chi connectivity index (χ1n) is 7.11. The lowest BCUT2D eigenvalue weighted by atomic mass is 10.2. The first kappa shape index (κ1) is 13.8. The van der Waals surface area contributed by atoms with Crippen LogP contribution >= 0.6 is 11.6 Å². The van der Waals surface area contributed by atoms with Crippen LogP contribution in [-0.4, -0.2) is 24.1 Å². The Morgan fingerprint density at radius 3 is 2.91 bits per heavy atom. The number of nitrogens with zero attached hydrogens (tertiary/aromatic N) is 5. The fraction of sp³-hybridized carbons (Fsp3) is 0.0625. The second kappa shape index (κ2) is 5.73. The van der Waals surface area contributed by atoms with Crippen molar-refractivity contribution in [2.75, 3.05) is 5.32 Å². The van der Waals surface area contributed by atoms with E-state index < -0.39 is 0 Å². The Labute approximate surface area is 137 Å². The molecule has 0 atom stereocenters. The van der Waals surface area contributed by atoms with Gasteiger partial charge in [0, 0.05) is 18.1 Å².